The maximum absolute atomic E-state index is 13.1. The van der Waals surface area contributed by atoms with E-state index in [1.165, 1.54) is 12.1 Å². The molecule has 0 unspecified atom stereocenters. The lowest BCUT2D eigenvalue weighted by atomic mass is 10.1. The molecule has 0 spiro atoms. The number of benzene rings is 1. The minimum absolute atomic E-state index is 0.527. The van der Waals surface area contributed by atoms with E-state index in [2.05, 4.69) is 10.3 Å². The van der Waals surface area contributed by atoms with Gasteiger partial charge in [0.05, 0.1) is 10.6 Å². The monoisotopic (exact) mass is 316 g/mol. The quantitative estimate of drug-likeness (QED) is 0.735. The molecule has 0 bridgehead atoms. The Labute approximate surface area is 131 Å². The molecule has 112 valence electrons. The average molecular weight is 316 g/mol. The Morgan fingerprint density at radius 2 is 1.82 bits per heavy atom. The van der Waals surface area contributed by atoms with Gasteiger partial charge in [0.1, 0.15) is 17.5 Å². The number of anilines is 1. The fourth-order valence-electron chi connectivity index (χ4n) is 2.18. The number of hydrogen-bond donors (Lipinski definition) is 1. The molecule has 0 aliphatic heterocycles. The molecule has 2 nitrogen and oxygen atoms in total. The SMILES string of the molecule is Fc1cc(F)cc(CCNc2cccc(-c3cccs3)n2)c1. The predicted molar refractivity (Wildman–Crippen MR) is 86.1 cm³/mol. The largest absolute Gasteiger partial charge is 0.370 e. The van der Waals surface area contributed by atoms with Crippen LogP contribution in [0.5, 0.6) is 0 Å². The Hall–Kier alpha value is -2.27. The fraction of sp³-hybridized carbons (Fsp3) is 0.118. The van der Waals surface area contributed by atoms with Crippen molar-refractivity contribution in [2.24, 2.45) is 0 Å². The fourth-order valence-corrected chi connectivity index (χ4v) is 2.88. The van der Waals surface area contributed by atoms with E-state index in [0.29, 0.717) is 18.5 Å². The van der Waals surface area contributed by atoms with Crippen molar-refractivity contribution in [1.29, 1.82) is 0 Å². The zero-order valence-electron chi connectivity index (χ0n) is 11.7. The van der Waals surface area contributed by atoms with Crippen LogP contribution in [0.1, 0.15) is 5.56 Å². The Kier molecular flexibility index (Phi) is 4.44. The van der Waals surface area contributed by atoms with Gasteiger partial charge in [0.25, 0.3) is 0 Å². The van der Waals surface area contributed by atoms with Gasteiger partial charge >= 0.3 is 0 Å². The molecule has 0 atom stereocenters. The van der Waals surface area contributed by atoms with Gasteiger partial charge in [-0.1, -0.05) is 12.1 Å². The maximum Gasteiger partial charge on any atom is 0.126 e. The minimum atomic E-state index is -0.548. The van der Waals surface area contributed by atoms with Crippen molar-refractivity contribution in [3.05, 3.63) is 71.1 Å². The average Bonchev–Trinajstić information content (AvgIpc) is 3.01. The summed E-state index contributed by atoms with van der Waals surface area (Å²) in [7, 11) is 0. The highest BCUT2D eigenvalue weighted by atomic mass is 32.1. The molecule has 2 aromatic heterocycles. The highest BCUT2D eigenvalue weighted by Crippen LogP contribution is 2.23. The number of thiophene rings is 1. The Bertz CT molecular complexity index is 737. The second-order valence-electron chi connectivity index (χ2n) is 4.84. The summed E-state index contributed by atoms with van der Waals surface area (Å²) in [6.45, 7) is 0.559. The first-order valence-electron chi connectivity index (χ1n) is 6.90. The molecule has 0 aliphatic rings. The molecular formula is C17H14F2N2S. The number of pyridine rings is 1. The lowest BCUT2D eigenvalue weighted by molar-refractivity contribution is 0.580. The van der Waals surface area contributed by atoms with Crippen molar-refractivity contribution in [2.75, 3.05) is 11.9 Å². The van der Waals surface area contributed by atoms with Gasteiger partial charge in [-0.25, -0.2) is 13.8 Å². The summed E-state index contributed by atoms with van der Waals surface area (Å²) in [6.07, 6.45) is 0.527. The number of nitrogens with one attached hydrogen (secondary N) is 1. The zero-order valence-corrected chi connectivity index (χ0v) is 12.5. The molecule has 0 radical (unpaired) electrons. The summed E-state index contributed by atoms with van der Waals surface area (Å²) >= 11 is 1.64. The van der Waals surface area contributed by atoms with Crippen LogP contribution >= 0.6 is 11.3 Å². The van der Waals surface area contributed by atoms with Crippen LogP contribution in [0.2, 0.25) is 0 Å². The van der Waals surface area contributed by atoms with E-state index in [1.54, 1.807) is 11.3 Å². The normalized spacial score (nSPS) is 10.6. The van der Waals surface area contributed by atoms with E-state index in [-0.39, 0.29) is 0 Å². The molecule has 3 rings (SSSR count). The molecule has 0 saturated carbocycles. The van der Waals surface area contributed by atoms with Crippen molar-refractivity contribution in [1.82, 2.24) is 4.98 Å². The number of rotatable bonds is 5. The lowest BCUT2D eigenvalue weighted by Crippen LogP contribution is -2.06. The van der Waals surface area contributed by atoms with Crippen molar-refractivity contribution >= 4 is 17.2 Å². The number of aromatic nitrogens is 1. The van der Waals surface area contributed by atoms with Crippen LogP contribution in [0.4, 0.5) is 14.6 Å². The first-order chi connectivity index (χ1) is 10.7. The molecule has 1 N–H and O–H groups in total. The van der Waals surface area contributed by atoms with Gasteiger partial charge in [0.15, 0.2) is 0 Å². The summed E-state index contributed by atoms with van der Waals surface area (Å²) in [6, 6.07) is 13.4. The van der Waals surface area contributed by atoms with E-state index in [0.717, 1.165) is 22.5 Å². The molecule has 0 fully saturated rings. The molecule has 3 aromatic rings. The number of halogens is 2. The summed E-state index contributed by atoms with van der Waals surface area (Å²) in [4.78, 5) is 5.64. The van der Waals surface area contributed by atoms with Gasteiger partial charge in [0, 0.05) is 12.6 Å². The first-order valence-corrected chi connectivity index (χ1v) is 7.78. The molecule has 0 amide bonds. The van der Waals surface area contributed by atoms with Gasteiger partial charge in [-0.2, -0.15) is 0 Å². The van der Waals surface area contributed by atoms with Crippen LogP contribution in [0.3, 0.4) is 0 Å². The zero-order chi connectivity index (χ0) is 15.4. The Morgan fingerprint density at radius 3 is 2.55 bits per heavy atom. The third-order valence-corrected chi connectivity index (χ3v) is 4.06. The molecule has 5 heteroatoms. The van der Waals surface area contributed by atoms with Crippen molar-refractivity contribution in [3.8, 4) is 10.6 Å². The van der Waals surface area contributed by atoms with Gasteiger partial charge in [-0.15, -0.1) is 11.3 Å². The Morgan fingerprint density at radius 1 is 1.00 bits per heavy atom. The third-order valence-electron chi connectivity index (χ3n) is 3.16. The molecular weight excluding hydrogens is 302 g/mol. The highest BCUT2D eigenvalue weighted by molar-refractivity contribution is 7.13. The molecule has 2 heterocycles. The summed E-state index contributed by atoms with van der Waals surface area (Å²) in [5.41, 5.74) is 1.54. The lowest BCUT2D eigenvalue weighted by Gasteiger charge is -2.07. The van der Waals surface area contributed by atoms with Crippen LogP contribution in [-0.4, -0.2) is 11.5 Å². The minimum Gasteiger partial charge on any atom is -0.370 e. The van der Waals surface area contributed by atoms with E-state index in [1.807, 2.05) is 35.7 Å². The third kappa shape index (κ3) is 3.68. The van der Waals surface area contributed by atoms with E-state index in [4.69, 9.17) is 0 Å². The topological polar surface area (TPSA) is 24.9 Å². The second-order valence-corrected chi connectivity index (χ2v) is 5.79. The van der Waals surface area contributed by atoms with E-state index >= 15 is 0 Å². The van der Waals surface area contributed by atoms with Gasteiger partial charge < -0.3 is 5.32 Å². The molecule has 22 heavy (non-hydrogen) atoms. The second kappa shape index (κ2) is 6.66. The van der Waals surface area contributed by atoms with Crippen molar-refractivity contribution in [3.63, 3.8) is 0 Å². The number of nitrogens with zero attached hydrogens (tertiary/aromatic N) is 1. The highest BCUT2D eigenvalue weighted by Gasteiger charge is 2.03. The van der Waals surface area contributed by atoms with Crippen molar-refractivity contribution in [2.45, 2.75) is 6.42 Å². The van der Waals surface area contributed by atoms with Gasteiger partial charge in [-0.05, 0) is 47.7 Å². The summed E-state index contributed by atoms with van der Waals surface area (Å²) < 4.78 is 26.2. The summed E-state index contributed by atoms with van der Waals surface area (Å²) in [5.74, 6) is -0.344. The predicted octanol–water partition coefficient (Wildman–Crippen LogP) is 4.74. The number of hydrogen-bond acceptors (Lipinski definition) is 3. The van der Waals surface area contributed by atoms with E-state index in [9.17, 15) is 8.78 Å². The molecule has 1 aromatic carbocycles. The van der Waals surface area contributed by atoms with Crippen molar-refractivity contribution < 1.29 is 8.78 Å². The van der Waals surface area contributed by atoms with Crippen LogP contribution < -0.4 is 5.32 Å². The summed E-state index contributed by atoms with van der Waals surface area (Å²) in [5, 5.41) is 5.19. The first kappa shape index (κ1) is 14.7. The van der Waals surface area contributed by atoms with Gasteiger partial charge in [0.2, 0.25) is 0 Å². The van der Waals surface area contributed by atoms with Crippen LogP contribution in [0.15, 0.2) is 53.9 Å². The van der Waals surface area contributed by atoms with Gasteiger partial charge in [-0.3, -0.25) is 0 Å². The standard InChI is InChI=1S/C17H14F2N2S/c18-13-9-12(10-14(19)11-13)6-7-20-17-5-1-3-15(21-17)16-4-2-8-22-16/h1-5,8-11H,6-7H2,(H,20,21). The maximum atomic E-state index is 13.1. The smallest absolute Gasteiger partial charge is 0.126 e. The molecule has 0 aliphatic carbocycles. The Balaban J connectivity index is 1.63. The molecule has 0 saturated heterocycles. The van der Waals surface area contributed by atoms with Crippen LogP contribution in [0, 0.1) is 11.6 Å². The van der Waals surface area contributed by atoms with E-state index < -0.39 is 11.6 Å². The van der Waals surface area contributed by atoms with Crippen LogP contribution in [-0.2, 0) is 6.42 Å². The van der Waals surface area contributed by atoms with Crippen LogP contribution in [0.25, 0.3) is 10.6 Å².